The zero-order chi connectivity index (χ0) is 11.3. The predicted octanol–water partition coefficient (Wildman–Crippen LogP) is 1.37. The van der Waals surface area contributed by atoms with Crippen molar-refractivity contribution in [2.75, 3.05) is 18.0 Å². The number of Topliss-reactive ketones (excluding diaryl/α,β-unsaturated/α-hetero) is 2. The van der Waals surface area contributed by atoms with Crippen molar-refractivity contribution in [3.05, 3.63) is 23.3 Å². The van der Waals surface area contributed by atoms with Crippen LogP contribution in [0.5, 0.6) is 5.75 Å². The molecule has 0 aliphatic carbocycles. The lowest BCUT2D eigenvalue weighted by Crippen LogP contribution is -2.38. The molecule has 0 bridgehead atoms. The number of carbonyl (C=O) groups excluding carboxylic acids is 2. The number of carbonyl (C=O) groups is 2. The fourth-order valence-corrected chi connectivity index (χ4v) is 2.46. The topological polar surface area (TPSA) is 57.6 Å². The van der Waals surface area contributed by atoms with Gasteiger partial charge in [-0.15, -0.1) is 0 Å². The Morgan fingerprint density at radius 2 is 1.50 bits per heavy atom. The van der Waals surface area contributed by atoms with Crippen molar-refractivity contribution < 1.29 is 14.7 Å². The number of phenols is 1. The van der Waals surface area contributed by atoms with Crippen LogP contribution >= 0.6 is 0 Å². The maximum Gasteiger partial charge on any atom is 0.166 e. The number of benzene rings is 1. The molecule has 0 fully saturated rings. The highest BCUT2D eigenvalue weighted by atomic mass is 16.3. The summed E-state index contributed by atoms with van der Waals surface area (Å²) in [5, 5.41) is 9.52. The number of aromatic hydroxyl groups is 1. The molecule has 82 valence electrons. The summed E-state index contributed by atoms with van der Waals surface area (Å²) in [4.78, 5) is 25.5. The van der Waals surface area contributed by atoms with Crippen molar-refractivity contribution in [3.8, 4) is 5.75 Å². The largest absolute Gasteiger partial charge is 0.508 e. The lowest BCUT2D eigenvalue weighted by molar-refractivity contribution is 0.0969. The highest BCUT2D eigenvalue weighted by Crippen LogP contribution is 2.37. The Morgan fingerprint density at radius 3 is 2.00 bits per heavy atom. The van der Waals surface area contributed by atoms with E-state index in [9.17, 15) is 14.7 Å². The molecule has 4 heteroatoms. The van der Waals surface area contributed by atoms with Crippen molar-refractivity contribution in [3.63, 3.8) is 0 Å². The number of nitrogens with zero attached hydrogens (tertiary/aromatic N) is 1. The van der Waals surface area contributed by atoms with Crippen molar-refractivity contribution in [2.24, 2.45) is 0 Å². The van der Waals surface area contributed by atoms with E-state index in [0.717, 1.165) is 5.69 Å². The van der Waals surface area contributed by atoms with Gasteiger partial charge in [-0.3, -0.25) is 9.59 Å². The second-order valence-electron chi connectivity index (χ2n) is 4.22. The molecule has 0 saturated heterocycles. The number of phenolic OH excluding ortho intramolecular Hbond substituents is 1. The third-order valence-corrected chi connectivity index (χ3v) is 3.23. The molecule has 0 amide bonds. The van der Waals surface area contributed by atoms with E-state index < -0.39 is 0 Å². The summed E-state index contributed by atoms with van der Waals surface area (Å²) in [5.41, 5.74) is 1.72. The predicted molar refractivity (Wildman–Crippen MR) is 58.2 cm³/mol. The van der Waals surface area contributed by atoms with Crippen LogP contribution < -0.4 is 4.90 Å². The molecule has 1 aromatic rings. The summed E-state index contributed by atoms with van der Waals surface area (Å²) < 4.78 is 0. The van der Waals surface area contributed by atoms with Crippen molar-refractivity contribution in [1.29, 1.82) is 0 Å². The minimum Gasteiger partial charge on any atom is -0.508 e. The maximum absolute atomic E-state index is 11.7. The molecule has 2 heterocycles. The maximum atomic E-state index is 11.7. The van der Waals surface area contributed by atoms with Gasteiger partial charge in [0.25, 0.3) is 0 Å². The minimum absolute atomic E-state index is 0.000741. The minimum atomic E-state index is -0.000741. The van der Waals surface area contributed by atoms with E-state index in [1.807, 2.05) is 0 Å². The first kappa shape index (κ1) is 9.39. The van der Waals surface area contributed by atoms with Gasteiger partial charge in [-0.05, 0) is 12.1 Å². The van der Waals surface area contributed by atoms with E-state index in [-0.39, 0.29) is 17.3 Å². The average molecular weight is 217 g/mol. The van der Waals surface area contributed by atoms with Gasteiger partial charge < -0.3 is 10.0 Å². The van der Waals surface area contributed by atoms with Gasteiger partial charge in [-0.25, -0.2) is 0 Å². The third-order valence-electron chi connectivity index (χ3n) is 3.23. The van der Waals surface area contributed by atoms with Crippen LogP contribution in [-0.4, -0.2) is 29.8 Å². The first-order valence-corrected chi connectivity index (χ1v) is 5.35. The monoisotopic (exact) mass is 217 g/mol. The molecule has 0 atom stereocenters. The molecule has 0 saturated carbocycles. The highest BCUT2D eigenvalue weighted by molar-refractivity contribution is 6.12. The Hall–Kier alpha value is -1.84. The molecule has 1 aromatic carbocycles. The molecule has 4 nitrogen and oxygen atoms in total. The first-order valence-electron chi connectivity index (χ1n) is 5.35. The molecule has 2 aliphatic rings. The van der Waals surface area contributed by atoms with Crippen molar-refractivity contribution in [1.82, 2.24) is 0 Å². The zero-order valence-electron chi connectivity index (χ0n) is 8.69. The quantitative estimate of drug-likeness (QED) is 0.713. The average Bonchev–Trinajstić information content (AvgIpc) is 2.27. The molecule has 3 rings (SSSR count). The van der Waals surface area contributed by atoms with Gasteiger partial charge in [0.05, 0.1) is 5.69 Å². The third kappa shape index (κ3) is 1.16. The molecule has 1 N–H and O–H groups in total. The van der Waals surface area contributed by atoms with E-state index in [2.05, 4.69) is 4.90 Å². The number of ketones is 2. The molecular weight excluding hydrogens is 206 g/mol. The van der Waals surface area contributed by atoms with Crippen LogP contribution in [0, 0.1) is 0 Å². The van der Waals surface area contributed by atoms with Crippen LogP contribution in [0.15, 0.2) is 12.1 Å². The SMILES string of the molecule is O=C1CCN2CCC(=O)c3cc(O)cc1c32. The van der Waals surface area contributed by atoms with Crippen molar-refractivity contribution >= 4 is 17.3 Å². The fraction of sp³-hybridized carbons (Fsp3) is 0.333. The van der Waals surface area contributed by atoms with Gasteiger partial charge in [0.2, 0.25) is 0 Å². The smallest absolute Gasteiger partial charge is 0.166 e. The second-order valence-corrected chi connectivity index (χ2v) is 4.22. The van der Waals surface area contributed by atoms with Gasteiger partial charge >= 0.3 is 0 Å². The second kappa shape index (κ2) is 3.07. The molecule has 0 radical (unpaired) electrons. The summed E-state index contributed by atoms with van der Waals surface area (Å²) >= 11 is 0. The summed E-state index contributed by atoms with van der Waals surface area (Å²) in [7, 11) is 0. The van der Waals surface area contributed by atoms with Gasteiger partial charge in [-0.2, -0.15) is 0 Å². The molecule has 16 heavy (non-hydrogen) atoms. The van der Waals surface area contributed by atoms with Crippen LogP contribution in [0.1, 0.15) is 33.6 Å². The number of rotatable bonds is 0. The van der Waals surface area contributed by atoms with E-state index >= 15 is 0 Å². The molecule has 2 aliphatic heterocycles. The van der Waals surface area contributed by atoms with Crippen molar-refractivity contribution in [2.45, 2.75) is 12.8 Å². The van der Waals surface area contributed by atoms with E-state index in [1.54, 1.807) is 0 Å². The van der Waals surface area contributed by atoms with Crippen LogP contribution in [0.25, 0.3) is 0 Å². The molecular formula is C12H11NO3. The summed E-state index contributed by atoms with van der Waals surface area (Å²) in [6.07, 6.45) is 0.925. The lowest BCUT2D eigenvalue weighted by Gasteiger charge is -2.35. The van der Waals surface area contributed by atoms with E-state index in [4.69, 9.17) is 0 Å². The zero-order valence-corrected chi connectivity index (χ0v) is 8.69. The number of hydrogen-bond donors (Lipinski definition) is 1. The van der Waals surface area contributed by atoms with Gasteiger partial charge in [0.15, 0.2) is 11.6 Å². The molecule has 0 spiro atoms. The van der Waals surface area contributed by atoms with Gasteiger partial charge in [0.1, 0.15) is 5.75 Å². The molecule has 0 aromatic heterocycles. The number of anilines is 1. The Bertz CT molecular complexity index is 466. The van der Waals surface area contributed by atoms with E-state index in [1.165, 1.54) is 12.1 Å². The van der Waals surface area contributed by atoms with Gasteiger partial charge in [0, 0.05) is 37.1 Å². The Balaban J connectivity index is 2.31. The van der Waals surface area contributed by atoms with Crippen LogP contribution in [-0.2, 0) is 0 Å². The lowest BCUT2D eigenvalue weighted by atomic mass is 9.90. The summed E-state index contributed by atoms with van der Waals surface area (Å²) in [5.74, 6) is 0.0235. The Morgan fingerprint density at radius 1 is 1.00 bits per heavy atom. The van der Waals surface area contributed by atoms with Gasteiger partial charge in [-0.1, -0.05) is 0 Å². The standard InChI is InChI=1S/C12H11NO3/c14-7-5-8-10(15)1-3-13-4-2-11(16)9(6-7)12(8)13/h5-6,14H,1-4H2. The first-order chi connectivity index (χ1) is 7.66. The fourth-order valence-electron chi connectivity index (χ4n) is 2.46. The normalized spacial score (nSPS) is 18.6. The van der Waals surface area contributed by atoms with Crippen LogP contribution in [0.3, 0.4) is 0 Å². The van der Waals surface area contributed by atoms with E-state index in [0.29, 0.717) is 37.1 Å². The van der Waals surface area contributed by atoms with Crippen LogP contribution in [0.2, 0.25) is 0 Å². The Kier molecular flexibility index (Phi) is 1.80. The Labute approximate surface area is 92.5 Å². The van der Waals surface area contributed by atoms with Crippen LogP contribution in [0.4, 0.5) is 5.69 Å². The summed E-state index contributed by atoms with van der Waals surface area (Å²) in [6, 6.07) is 2.93. The highest BCUT2D eigenvalue weighted by Gasteiger charge is 2.32. The molecule has 0 unspecified atom stereocenters. The number of hydrogen-bond acceptors (Lipinski definition) is 4. The summed E-state index contributed by atoms with van der Waals surface area (Å²) in [6.45, 7) is 1.35.